The van der Waals surface area contributed by atoms with Crippen LogP contribution >= 0.6 is 0 Å². The third kappa shape index (κ3) is 4.13. The van der Waals surface area contributed by atoms with Crippen molar-refractivity contribution in [3.63, 3.8) is 0 Å². The minimum atomic E-state index is -0.0904. The molecular formula is C20H31N3O3. The SMILES string of the molecule is COc1ccccc1N1CCN([C@H](C)C(=O)N2C[C@H](C)O[C@@H](C)C2)CC1. The van der Waals surface area contributed by atoms with Gasteiger partial charge in [-0.2, -0.15) is 0 Å². The first kappa shape index (κ1) is 19.0. The molecule has 2 fully saturated rings. The first-order valence-electron chi connectivity index (χ1n) is 9.56. The molecule has 0 spiro atoms. The van der Waals surface area contributed by atoms with Gasteiger partial charge < -0.3 is 19.3 Å². The summed E-state index contributed by atoms with van der Waals surface area (Å²) in [6.45, 7) is 11.0. The molecule has 1 aromatic carbocycles. The molecule has 0 N–H and O–H groups in total. The summed E-state index contributed by atoms with van der Waals surface area (Å²) < 4.78 is 11.2. The Morgan fingerprint density at radius 2 is 1.73 bits per heavy atom. The number of hydrogen-bond acceptors (Lipinski definition) is 5. The maximum absolute atomic E-state index is 12.9. The summed E-state index contributed by atoms with van der Waals surface area (Å²) >= 11 is 0. The van der Waals surface area contributed by atoms with Gasteiger partial charge in [0.15, 0.2) is 0 Å². The van der Waals surface area contributed by atoms with Crippen molar-refractivity contribution in [2.75, 3.05) is 51.3 Å². The predicted molar refractivity (Wildman–Crippen MR) is 103 cm³/mol. The van der Waals surface area contributed by atoms with E-state index in [1.807, 2.05) is 43.9 Å². The van der Waals surface area contributed by atoms with Gasteiger partial charge in [-0.3, -0.25) is 9.69 Å². The Hall–Kier alpha value is -1.79. The van der Waals surface area contributed by atoms with Crippen LogP contribution in [0.1, 0.15) is 20.8 Å². The molecule has 2 saturated heterocycles. The smallest absolute Gasteiger partial charge is 0.239 e. The number of carbonyl (C=O) groups is 1. The maximum Gasteiger partial charge on any atom is 0.239 e. The van der Waals surface area contributed by atoms with Gasteiger partial charge in [-0.25, -0.2) is 0 Å². The average Bonchev–Trinajstić information content (AvgIpc) is 2.66. The number of methoxy groups -OCH3 is 1. The molecule has 1 aromatic rings. The molecular weight excluding hydrogens is 330 g/mol. The van der Waals surface area contributed by atoms with E-state index in [0.29, 0.717) is 13.1 Å². The first-order chi connectivity index (χ1) is 12.5. The van der Waals surface area contributed by atoms with Crippen LogP contribution in [0.5, 0.6) is 5.75 Å². The third-order valence-electron chi connectivity index (χ3n) is 5.38. The van der Waals surface area contributed by atoms with E-state index in [1.165, 1.54) is 0 Å². The van der Waals surface area contributed by atoms with Gasteiger partial charge in [0, 0.05) is 39.3 Å². The van der Waals surface area contributed by atoms with E-state index in [-0.39, 0.29) is 24.2 Å². The molecule has 3 atom stereocenters. The van der Waals surface area contributed by atoms with Gasteiger partial charge in [-0.05, 0) is 32.9 Å². The topological polar surface area (TPSA) is 45.2 Å². The number of rotatable bonds is 4. The maximum atomic E-state index is 12.9. The molecule has 6 heteroatoms. The van der Waals surface area contributed by atoms with Gasteiger partial charge in [0.25, 0.3) is 0 Å². The van der Waals surface area contributed by atoms with E-state index >= 15 is 0 Å². The number of benzene rings is 1. The van der Waals surface area contributed by atoms with Crippen LogP contribution in [0.4, 0.5) is 5.69 Å². The van der Waals surface area contributed by atoms with E-state index in [9.17, 15) is 4.79 Å². The van der Waals surface area contributed by atoms with Crippen LogP contribution < -0.4 is 9.64 Å². The molecule has 26 heavy (non-hydrogen) atoms. The van der Waals surface area contributed by atoms with Gasteiger partial charge in [-0.1, -0.05) is 12.1 Å². The zero-order valence-corrected chi connectivity index (χ0v) is 16.4. The minimum absolute atomic E-state index is 0.0904. The van der Waals surface area contributed by atoms with Crippen LogP contribution in [-0.2, 0) is 9.53 Å². The Balaban J connectivity index is 1.58. The van der Waals surface area contributed by atoms with E-state index in [2.05, 4.69) is 15.9 Å². The Morgan fingerprint density at radius 1 is 1.12 bits per heavy atom. The van der Waals surface area contributed by atoms with Gasteiger partial charge in [-0.15, -0.1) is 0 Å². The number of ether oxygens (including phenoxy) is 2. The van der Waals surface area contributed by atoms with Gasteiger partial charge in [0.1, 0.15) is 5.75 Å². The van der Waals surface area contributed by atoms with Crippen LogP contribution in [0.15, 0.2) is 24.3 Å². The monoisotopic (exact) mass is 361 g/mol. The predicted octanol–water partition coefficient (Wildman–Crippen LogP) is 1.84. The summed E-state index contributed by atoms with van der Waals surface area (Å²) in [7, 11) is 1.71. The number of carbonyl (C=O) groups excluding carboxylic acids is 1. The quantitative estimate of drug-likeness (QED) is 0.819. The Kier molecular flexibility index (Phi) is 6.04. The molecule has 0 unspecified atom stereocenters. The van der Waals surface area contributed by atoms with Crippen molar-refractivity contribution in [3.8, 4) is 5.75 Å². The number of morpholine rings is 1. The summed E-state index contributed by atoms with van der Waals surface area (Å²) in [5.41, 5.74) is 1.13. The highest BCUT2D eigenvalue weighted by Gasteiger charge is 2.32. The number of anilines is 1. The van der Waals surface area contributed by atoms with Crippen molar-refractivity contribution in [1.82, 2.24) is 9.80 Å². The highest BCUT2D eigenvalue weighted by atomic mass is 16.5. The van der Waals surface area contributed by atoms with Gasteiger partial charge in [0.2, 0.25) is 5.91 Å². The van der Waals surface area contributed by atoms with Crippen molar-refractivity contribution in [1.29, 1.82) is 0 Å². The minimum Gasteiger partial charge on any atom is -0.495 e. The number of hydrogen-bond donors (Lipinski definition) is 0. The molecule has 144 valence electrons. The van der Waals surface area contributed by atoms with Crippen LogP contribution in [0.3, 0.4) is 0 Å². The second-order valence-electron chi connectivity index (χ2n) is 7.37. The van der Waals surface area contributed by atoms with E-state index in [0.717, 1.165) is 37.6 Å². The van der Waals surface area contributed by atoms with E-state index in [4.69, 9.17) is 9.47 Å². The highest BCUT2D eigenvalue weighted by Crippen LogP contribution is 2.28. The Morgan fingerprint density at radius 3 is 2.35 bits per heavy atom. The van der Waals surface area contributed by atoms with Crippen molar-refractivity contribution >= 4 is 11.6 Å². The lowest BCUT2D eigenvalue weighted by Crippen LogP contribution is -2.57. The zero-order chi connectivity index (χ0) is 18.7. The van der Waals surface area contributed by atoms with E-state index in [1.54, 1.807) is 7.11 Å². The molecule has 0 aliphatic carbocycles. The zero-order valence-electron chi connectivity index (χ0n) is 16.4. The lowest BCUT2D eigenvalue weighted by Gasteiger charge is -2.42. The summed E-state index contributed by atoms with van der Waals surface area (Å²) in [5, 5.41) is 0. The van der Waals surface area contributed by atoms with Crippen molar-refractivity contribution in [3.05, 3.63) is 24.3 Å². The Bertz CT molecular complexity index is 606. The Labute approximate surface area is 156 Å². The first-order valence-corrected chi connectivity index (χ1v) is 9.56. The second kappa shape index (κ2) is 8.27. The summed E-state index contributed by atoms with van der Waals surface area (Å²) in [6, 6.07) is 8.03. The van der Waals surface area contributed by atoms with Crippen LogP contribution in [-0.4, -0.2) is 80.3 Å². The van der Waals surface area contributed by atoms with Crippen molar-refractivity contribution in [2.24, 2.45) is 0 Å². The van der Waals surface area contributed by atoms with Gasteiger partial charge >= 0.3 is 0 Å². The molecule has 0 radical (unpaired) electrons. The normalized spacial score (nSPS) is 25.8. The fourth-order valence-electron chi connectivity index (χ4n) is 4.02. The molecule has 3 rings (SSSR count). The molecule has 2 heterocycles. The van der Waals surface area contributed by atoms with Crippen molar-refractivity contribution < 1.29 is 14.3 Å². The fraction of sp³-hybridized carbons (Fsp3) is 0.650. The molecule has 0 bridgehead atoms. The summed E-state index contributed by atoms with van der Waals surface area (Å²) in [5.74, 6) is 1.12. The molecule has 1 amide bonds. The van der Waals surface area contributed by atoms with Crippen molar-refractivity contribution in [2.45, 2.75) is 39.0 Å². The van der Waals surface area contributed by atoms with Crippen LogP contribution in [0, 0.1) is 0 Å². The standard InChI is InChI=1S/C20H31N3O3/c1-15-13-23(14-16(2)26-15)20(24)17(3)21-9-11-22(12-10-21)18-7-5-6-8-19(18)25-4/h5-8,15-17H,9-14H2,1-4H3/t15-,16-,17+/m0/s1. The van der Waals surface area contributed by atoms with Crippen LogP contribution in [0.25, 0.3) is 0 Å². The number of para-hydroxylation sites is 2. The lowest BCUT2D eigenvalue weighted by molar-refractivity contribution is -0.148. The largest absolute Gasteiger partial charge is 0.495 e. The summed E-state index contributed by atoms with van der Waals surface area (Å²) in [4.78, 5) is 19.5. The molecule has 2 aliphatic heterocycles. The number of nitrogens with zero attached hydrogens (tertiary/aromatic N) is 3. The summed E-state index contributed by atoms with van der Waals surface area (Å²) in [6.07, 6.45) is 0.217. The molecule has 6 nitrogen and oxygen atoms in total. The van der Waals surface area contributed by atoms with Crippen LogP contribution in [0.2, 0.25) is 0 Å². The molecule has 0 saturated carbocycles. The second-order valence-corrected chi connectivity index (χ2v) is 7.37. The molecule has 2 aliphatic rings. The number of amides is 1. The van der Waals surface area contributed by atoms with E-state index < -0.39 is 0 Å². The number of piperazine rings is 1. The van der Waals surface area contributed by atoms with Gasteiger partial charge in [0.05, 0.1) is 31.0 Å². The average molecular weight is 361 g/mol. The lowest BCUT2D eigenvalue weighted by atomic mass is 10.1. The highest BCUT2D eigenvalue weighted by molar-refractivity contribution is 5.81. The molecule has 0 aromatic heterocycles. The fourth-order valence-corrected chi connectivity index (χ4v) is 4.02. The third-order valence-corrected chi connectivity index (χ3v) is 5.38.